The first-order chi connectivity index (χ1) is 18.0. The summed E-state index contributed by atoms with van der Waals surface area (Å²) < 4.78 is 28.7. The highest BCUT2D eigenvalue weighted by atomic mass is 16.7. The van der Waals surface area contributed by atoms with Crippen molar-refractivity contribution in [2.24, 2.45) is 0 Å². The maximum atomic E-state index is 13.0. The third kappa shape index (κ3) is 7.03. The first-order valence-corrected chi connectivity index (χ1v) is 12.0. The second-order valence-electron chi connectivity index (χ2n) is 8.43. The average molecular weight is 505 g/mol. The van der Waals surface area contributed by atoms with Crippen molar-refractivity contribution in [2.75, 3.05) is 13.7 Å². The number of hydrogen-bond donors (Lipinski definition) is 0. The Bertz CT molecular complexity index is 1170. The molecule has 0 amide bonds. The molecule has 4 atom stereocenters. The fraction of sp³-hybridized carbons (Fsp3) is 0.276. The summed E-state index contributed by atoms with van der Waals surface area (Å²) in [5, 5.41) is 0. The van der Waals surface area contributed by atoms with Gasteiger partial charge in [-0.3, -0.25) is 0 Å². The summed E-state index contributed by atoms with van der Waals surface area (Å²) in [6, 6.07) is 25.5. The normalized spacial score (nSPS) is 21.3. The molecule has 0 bridgehead atoms. The molecule has 3 aromatic rings. The van der Waals surface area contributed by atoms with Crippen LogP contribution < -0.4 is 0 Å². The molecule has 8 nitrogen and oxygen atoms in total. The lowest BCUT2D eigenvalue weighted by Gasteiger charge is -2.30. The zero-order chi connectivity index (χ0) is 26.0. The van der Waals surface area contributed by atoms with Crippen LogP contribution in [0.25, 0.3) is 0 Å². The Balaban J connectivity index is 1.59. The lowest BCUT2D eigenvalue weighted by molar-refractivity contribution is -0.186. The Morgan fingerprint density at radius 2 is 1.19 bits per heavy atom. The maximum absolute atomic E-state index is 13.0. The zero-order valence-corrected chi connectivity index (χ0v) is 20.4. The van der Waals surface area contributed by atoms with Gasteiger partial charge in [0.2, 0.25) is 0 Å². The van der Waals surface area contributed by atoms with Crippen molar-refractivity contribution in [3.63, 3.8) is 0 Å². The summed E-state index contributed by atoms with van der Waals surface area (Å²) >= 11 is 0. The van der Waals surface area contributed by atoms with E-state index in [1.807, 2.05) is 0 Å². The van der Waals surface area contributed by atoms with E-state index in [1.165, 1.54) is 7.11 Å². The summed E-state index contributed by atoms with van der Waals surface area (Å²) in [7, 11) is 1.49. The van der Waals surface area contributed by atoms with Crippen LogP contribution in [0.2, 0.25) is 0 Å². The van der Waals surface area contributed by atoms with E-state index < -0.39 is 42.5 Å². The van der Waals surface area contributed by atoms with Gasteiger partial charge >= 0.3 is 17.9 Å². The molecule has 0 saturated carbocycles. The van der Waals surface area contributed by atoms with Crippen molar-refractivity contribution in [3.8, 4) is 0 Å². The minimum atomic E-state index is -1.07. The number of carbonyl (C=O) groups excluding carboxylic acids is 3. The molecule has 1 aliphatic rings. The molecule has 192 valence electrons. The second-order valence-corrected chi connectivity index (χ2v) is 8.43. The first-order valence-electron chi connectivity index (χ1n) is 12.0. The fourth-order valence-electron chi connectivity index (χ4n) is 3.99. The molecule has 0 radical (unpaired) electrons. The van der Waals surface area contributed by atoms with E-state index in [2.05, 4.69) is 0 Å². The molecule has 4 rings (SSSR count). The Kier molecular flexibility index (Phi) is 9.02. The molecule has 1 saturated heterocycles. The van der Waals surface area contributed by atoms with Crippen molar-refractivity contribution in [1.29, 1.82) is 0 Å². The van der Waals surface area contributed by atoms with Crippen LogP contribution in [0.3, 0.4) is 0 Å². The number of carbonyl (C=O) groups is 3. The number of esters is 3. The quantitative estimate of drug-likeness (QED) is 0.328. The molecule has 0 aromatic heterocycles. The minimum absolute atomic E-state index is 0.250. The standard InChI is InChI=1S/C29H28O8/c1-33-25-18-17-23(36-28(31)21-13-7-3-8-14-21)26(37-29(32)22-15-9-4-10-16-22)24(35-25)19-34-27(30)20-11-5-2-6-12-20/h2-16,23-26H,17-19H2,1H3/t23-,24-,25-,26+/m1/s1. The van der Waals surface area contributed by atoms with E-state index >= 15 is 0 Å². The molecule has 37 heavy (non-hydrogen) atoms. The van der Waals surface area contributed by atoms with Crippen molar-refractivity contribution >= 4 is 17.9 Å². The Hall–Kier alpha value is -4.01. The van der Waals surface area contributed by atoms with E-state index in [-0.39, 0.29) is 6.61 Å². The number of ether oxygens (including phenoxy) is 5. The third-order valence-electron chi connectivity index (χ3n) is 5.92. The van der Waals surface area contributed by atoms with Crippen molar-refractivity contribution in [1.82, 2.24) is 0 Å². The van der Waals surface area contributed by atoms with Crippen LogP contribution in [0.15, 0.2) is 91.0 Å². The predicted octanol–water partition coefficient (Wildman–Crippen LogP) is 4.45. The fourth-order valence-corrected chi connectivity index (χ4v) is 3.99. The van der Waals surface area contributed by atoms with Crippen molar-refractivity contribution in [3.05, 3.63) is 108 Å². The summed E-state index contributed by atoms with van der Waals surface area (Å²) in [5.74, 6) is -1.75. The van der Waals surface area contributed by atoms with Gasteiger partial charge in [-0.1, -0.05) is 54.6 Å². The summed E-state index contributed by atoms with van der Waals surface area (Å²) in [4.78, 5) is 38.6. The highest BCUT2D eigenvalue weighted by Gasteiger charge is 2.42. The molecule has 3 aromatic carbocycles. The molecule has 1 aliphatic heterocycles. The van der Waals surface area contributed by atoms with E-state index in [4.69, 9.17) is 23.7 Å². The molecule has 1 fully saturated rings. The predicted molar refractivity (Wildman–Crippen MR) is 133 cm³/mol. The van der Waals surface area contributed by atoms with Crippen LogP contribution >= 0.6 is 0 Å². The highest BCUT2D eigenvalue weighted by molar-refractivity contribution is 5.90. The lowest BCUT2D eigenvalue weighted by Crippen LogP contribution is -2.46. The van der Waals surface area contributed by atoms with Gasteiger partial charge in [0, 0.05) is 13.5 Å². The molecule has 0 spiro atoms. The van der Waals surface area contributed by atoms with Crippen LogP contribution in [0.1, 0.15) is 43.9 Å². The molecular weight excluding hydrogens is 476 g/mol. The third-order valence-corrected chi connectivity index (χ3v) is 5.92. The first kappa shape index (κ1) is 26.1. The van der Waals surface area contributed by atoms with Gasteiger partial charge in [0.15, 0.2) is 12.4 Å². The SMILES string of the molecule is CO[C@H]1CC[C@@H](OC(=O)c2ccccc2)[C@H](OC(=O)c2ccccc2)[C@@H](COC(=O)c2ccccc2)O1. The minimum Gasteiger partial charge on any atom is -0.459 e. The molecule has 0 aliphatic carbocycles. The Morgan fingerprint density at radius 3 is 1.70 bits per heavy atom. The van der Waals surface area contributed by atoms with Gasteiger partial charge in [-0.25, -0.2) is 14.4 Å². The van der Waals surface area contributed by atoms with Gasteiger partial charge in [0.05, 0.1) is 16.7 Å². The number of rotatable bonds is 8. The number of hydrogen-bond acceptors (Lipinski definition) is 8. The van der Waals surface area contributed by atoms with Gasteiger partial charge in [0.1, 0.15) is 18.8 Å². The summed E-state index contributed by atoms with van der Waals surface area (Å²) in [5.41, 5.74) is 1.05. The van der Waals surface area contributed by atoms with E-state index in [9.17, 15) is 14.4 Å². The molecular formula is C29H28O8. The van der Waals surface area contributed by atoms with Crippen LogP contribution in [0, 0.1) is 0 Å². The summed E-state index contributed by atoms with van der Waals surface area (Å²) in [6.45, 7) is -0.250. The van der Waals surface area contributed by atoms with Gasteiger partial charge in [0.25, 0.3) is 0 Å². The zero-order valence-electron chi connectivity index (χ0n) is 20.4. The molecule has 0 N–H and O–H groups in total. The van der Waals surface area contributed by atoms with Gasteiger partial charge in [-0.2, -0.15) is 0 Å². The number of methoxy groups -OCH3 is 1. The number of benzene rings is 3. The Labute approximate surface area is 215 Å². The van der Waals surface area contributed by atoms with Gasteiger partial charge in [-0.05, 0) is 42.8 Å². The van der Waals surface area contributed by atoms with E-state index in [0.717, 1.165) is 0 Å². The van der Waals surface area contributed by atoms with Crippen LogP contribution in [0.5, 0.6) is 0 Å². The summed E-state index contributed by atoms with van der Waals surface area (Å²) in [6.07, 6.45) is -2.91. The van der Waals surface area contributed by atoms with Crippen LogP contribution in [-0.4, -0.2) is 56.2 Å². The lowest BCUT2D eigenvalue weighted by atomic mass is 10.0. The second kappa shape index (κ2) is 12.8. The van der Waals surface area contributed by atoms with E-state index in [1.54, 1.807) is 91.0 Å². The van der Waals surface area contributed by atoms with Crippen LogP contribution in [-0.2, 0) is 23.7 Å². The van der Waals surface area contributed by atoms with Gasteiger partial charge < -0.3 is 23.7 Å². The molecule has 0 unspecified atom stereocenters. The highest BCUT2D eigenvalue weighted by Crippen LogP contribution is 2.27. The monoisotopic (exact) mass is 504 g/mol. The van der Waals surface area contributed by atoms with Crippen LogP contribution in [0.4, 0.5) is 0 Å². The van der Waals surface area contributed by atoms with Crippen molar-refractivity contribution < 1.29 is 38.1 Å². The molecule has 1 heterocycles. The topological polar surface area (TPSA) is 97.4 Å². The van der Waals surface area contributed by atoms with Crippen molar-refractivity contribution in [2.45, 2.75) is 37.4 Å². The molecule has 8 heteroatoms. The Morgan fingerprint density at radius 1 is 0.703 bits per heavy atom. The average Bonchev–Trinajstić information content (AvgIpc) is 3.11. The smallest absolute Gasteiger partial charge is 0.338 e. The maximum Gasteiger partial charge on any atom is 0.338 e. The van der Waals surface area contributed by atoms with E-state index in [0.29, 0.717) is 29.5 Å². The van der Waals surface area contributed by atoms with Gasteiger partial charge in [-0.15, -0.1) is 0 Å². The largest absolute Gasteiger partial charge is 0.459 e.